The lowest BCUT2D eigenvalue weighted by molar-refractivity contribution is 0.102. The fourth-order valence-corrected chi connectivity index (χ4v) is 2.46. The van der Waals surface area contributed by atoms with E-state index in [1.807, 2.05) is 0 Å². The molecule has 0 fully saturated rings. The average molecular weight is 305 g/mol. The fraction of sp³-hybridized carbons (Fsp3) is 0.133. The number of carbonyl (C=O) groups is 1. The first-order chi connectivity index (χ1) is 9.79. The van der Waals surface area contributed by atoms with E-state index in [1.165, 1.54) is 30.3 Å². The number of carbonyl (C=O) groups excluding carboxylic acids is 1. The highest BCUT2D eigenvalue weighted by Gasteiger charge is 2.13. The van der Waals surface area contributed by atoms with E-state index >= 15 is 0 Å². The molecule has 2 rings (SSSR count). The summed E-state index contributed by atoms with van der Waals surface area (Å²) in [6.45, 7) is 1.70. The highest BCUT2D eigenvalue weighted by molar-refractivity contribution is 7.90. The summed E-state index contributed by atoms with van der Waals surface area (Å²) >= 11 is 0. The van der Waals surface area contributed by atoms with E-state index in [9.17, 15) is 18.3 Å². The van der Waals surface area contributed by atoms with Crippen LogP contribution < -0.4 is 5.32 Å². The summed E-state index contributed by atoms with van der Waals surface area (Å²) in [6, 6.07) is 10.7. The highest BCUT2D eigenvalue weighted by atomic mass is 32.2. The van der Waals surface area contributed by atoms with E-state index < -0.39 is 15.7 Å². The van der Waals surface area contributed by atoms with Crippen molar-refractivity contribution in [2.45, 2.75) is 11.8 Å². The smallest absolute Gasteiger partial charge is 0.259 e. The van der Waals surface area contributed by atoms with Gasteiger partial charge in [0.15, 0.2) is 9.84 Å². The minimum Gasteiger partial charge on any atom is -0.507 e. The van der Waals surface area contributed by atoms with Crippen molar-refractivity contribution >= 4 is 21.4 Å². The van der Waals surface area contributed by atoms with Crippen molar-refractivity contribution in [3.63, 3.8) is 0 Å². The second-order valence-corrected chi connectivity index (χ2v) is 6.74. The van der Waals surface area contributed by atoms with Crippen LogP contribution in [0.1, 0.15) is 15.9 Å². The molecule has 6 heteroatoms. The summed E-state index contributed by atoms with van der Waals surface area (Å²) in [7, 11) is -3.27. The quantitative estimate of drug-likeness (QED) is 0.912. The number of sulfone groups is 1. The van der Waals surface area contributed by atoms with Crippen LogP contribution in [0.25, 0.3) is 0 Å². The topological polar surface area (TPSA) is 83.5 Å². The monoisotopic (exact) mass is 305 g/mol. The number of hydrogen-bond donors (Lipinski definition) is 2. The Morgan fingerprint density at radius 1 is 1.10 bits per heavy atom. The molecule has 1 amide bonds. The van der Waals surface area contributed by atoms with Crippen molar-refractivity contribution in [2.75, 3.05) is 11.6 Å². The molecular formula is C15H15NO4S. The van der Waals surface area contributed by atoms with E-state index in [1.54, 1.807) is 19.1 Å². The molecule has 0 aliphatic rings. The number of anilines is 1. The number of amides is 1. The molecule has 0 aromatic heterocycles. The number of aromatic hydroxyl groups is 1. The number of hydrogen-bond acceptors (Lipinski definition) is 4. The molecule has 0 saturated heterocycles. The van der Waals surface area contributed by atoms with Crippen LogP contribution in [-0.2, 0) is 9.84 Å². The SMILES string of the molecule is Cc1cccc(C(=O)Nc2ccc(S(C)(=O)=O)cc2)c1O. The van der Waals surface area contributed by atoms with Crippen LogP contribution in [0.2, 0.25) is 0 Å². The largest absolute Gasteiger partial charge is 0.507 e. The van der Waals surface area contributed by atoms with Gasteiger partial charge in [0.1, 0.15) is 5.75 Å². The Kier molecular flexibility index (Phi) is 3.99. The average Bonchev–Trinajstić information content (AvgIpc) is 2.41. The van der Waals surface area contributed by atoms with Crippen LogP contribution in [0.5, 0.6) is 5.75 Å². The number of phenols is 1. The lowest BCUT2D eigenvalue weighted by Crippen LogP contribution is -2.12. The molecule has 0 aliphatic carbocycles. The molecule has 0 atom stereocenters. The van der Waals surface area contributed by atoms with Gasteiger partial charge in [0.2, 0.25) is 0 Å². The van der Waals surface area contributed by atoms with Crippen LogP contribution in [0.4, 0.5) is 5.69 Å². The van der Waals surface area contributed by atoms with Crippen molar-refractivity contribution in [3.05, 3.63) is 53.6 Å². The van der Waals surface area contributed by atoms with Gasteiger partial charge in [-0.3, -0.25) is 4.79 Å². The Bertz CT molecular complexity index is 780. The Morgan fingerprint density at radius 3 is 2.29 bits per heavy atom. The van der Waals surface area contributed by atoms with Crippen LogP contribution in [0.15, 0.2) is 47.4 Å². The second-order valence-electron chi connectivity index (χ2n) is 4.72. The minimum absolute atomic E-state index is 0.0669. The molecule has 0 radical (unpaired) electrons. The fourth-order valence-electron chi connectivity index (χ4n) is 1.83. The van der Waals surface area contributed by atoms with Gasteiger partial charge in [0, 0.05) is 11.9 Å². The first kappa shape index (κ1) is 15.1. The Hall–Kier alpha value is -2.34. The van der Waals surface area contributed by atoms with Gasteiger partial charge in [-0.15, -0.1) is 0 Å². The third-order valence-corrected chi connectivity index (χ3v) is 4.15. The molecule has 2 aromatic rings. The predicted molar refractivity (Wildman–Crippen MR) is 80.3 cm³/mol. The molecule has 5 nitrogen and oxygen atoms in total. The van der Waals surface area contributed by atoms with E-state index in [2.05, 4.69) is 5.32 Å². The van der Waals surface area contributed by atoms with Gasteiger partial charge in [0.05, 0.1) is 10.5 Å². The maximum atomic E-state index is 12.1. The zero-order valence-corrected chi connectivity index (χ0v) is 12.4. The van der Waals surface area contributed by atoms with E-state index in [0.717, 1.165) is 6.26 Å². The zero-order chi connectivity index (χ0) is 15.6. The lowest BCUT2D eigenvalue weighted by atomic mass is 10.1. The number of phenolic OH excluding ortho intramolecular Hbond substituents is 1. The Balaban J connectivity index is 2.22. The molecule has 21 heavy (non-hydrogen) atoms. The third kappa shape index (κ3) is 3.41. The van der Waals surface area contributed by atoms with Crippen molar-refractivity contribution in [2.24, 2.45) is 0 Å². The minimum atomic E-state index is -3.27. The Morgan fingerprint density at radius 2 is 1.71 bits per heavy atom. The molecule has 0 saturated carbocycles. The summed E-state index contributed by atoms with van der Waals surface area (Å²) in [4.78, 5) is 12.3. The number of nitrogens with one attached hydrogen (secondary N) is 1. The maximum Gasteiger partial charge on any atom is 0.259 e. The predicted octanol–water partition coefficient (Wildman–Crippen LogP) is 2.36. The zero-order valence-electron chi connectivity index (χ0n) is 11.6. The molecule has 0 heterocycles. The summed E-state index contributed by atoms with van der Waals surface area (Å²) < 4.78 is 22.7. The van der Waals surface area contributed by atoms with Crippen LogP contribution in [-0.4, -0.2) is 25.7 Å². The highest BCUT2D eigenvalue weighted by Crippen LogP contribution is 2.23. The maximum absolute atomic E-state index is 12.1. The first-order valence-electron chi connectivity index (χ1n) is 6.19. The van der Waals surface area contributed by atoms with Crippen molar-refractivity contribution in [3.8, 4) is 5.75 Å². The molecule has 0 spiro atoms. The number of para-hydroxylation sites is 1. The number of benzene rings is 2. The van der Waals surface area contributed by atoms with Crippen LogP contribution >= 0.6 is 0 Å². The Labute approximate surface area is 123 Å². The molecule has 0 aliphatic heterocycles. The van der Waals surface area contributed by atoms with E-state index in [-0.39, 0.29) is 16.2 Å². The summed E-state index contributed by atoms with van der Waals surface area (Å²) in [6.07, 6.45) is 1.12. The van der Waals surface area contributed by atoms with Gasteiger partial charge in [-0.1, -0.05) is 12.1 Å². The van der Waals surface area contributed by atoms with E-state index in [0.29, 0.717) is 11.3 Å². The lowest BCUT2D eigenvalue weighted by Gasteiger charge is -2.08. The van der Waals surface area contributed by atoms with Gasteiger partial charge in [-0.25, -0.2) is 8.42 Å². The normalized spacial score (nSPS) is 11.1. The van der Waals surface area contributed by atoms with Gasteiger partial charge >= 0.3 is 0 Å². The van der Waals surface area contributed by atoms with Crippen molar-refractivity contribution in [1.29, 1.82) is 0 Å². The molecular weight excluding hydrogens is 290 g/mol. The molecule has 0 bridgehead atoms. The van der Waals surface area contributed by atoms with Crippen LogP contribution in [0, 0.1) is 6.92 Å². The summed E-state index contributed by atoms with van der Waals surface area (Å²) in [5, 5.41) is 12.5. The van der Waals surface area contributed by atoms with Crippen LogP contribution in [0.3, 0.4) is 0 Å². The van der Waals surface area contributed by atoms with Gasteiger partial charge in [-0.05, 0) is 42.8 Å². The molecule has 2 N–H and O–H groups in total. The second kappa shape index (κ2) is 5.57. The molecule has 0 unspecified atom stereocenters. The van der Waals surface area contributed by atoms with Gasteiger partial charge in [0.25, 0.3) is 5.91 Å². The van der Waals surface area contributed by atoms with Crippen molar-refractivity contribution in [1.82, 2.24) is 0 Å². The van der Waals surface area contributed by atoms with Gasteiger partial charge < -0.3 is 10.4 Å². The summed E-state index contributed by atoms with van der Waals surface area (Å²) in [5.41, 5.74) is 1.23. The standard InChI is InChI=1S/C15H15NO4S/c1-10-4-3-5-13(14(10)17)15(18)16-11-6-8-12(9-7-11)21(2,19)20/h3-9,17H,1-2H3,(H,16,18). The van der Waals surface area contributed by atoms with E-state index in [4.69, 9.17) is 0 Å². The van der Waals surface area contributed by atoms with Crippen molar-refractivity contribution < 1.29 is 18.3 Å². The number of rotatable bonds is 3. The first-order valence-corrected chi connectivity index (χ1v) is 8.08. The van der Waals surface area contributed by atoms with Gasteiger partial charge in [-0.2, -0.15) is 0 Å². The molecule has 2 aromatic carbocycles. The number of aryl methyl sites for hydroxylation is 1. The summed E-state index contributed by atoms with van der Waals surface area (Å²) in [5.74, 6) is -0.522. The third-order valence-electron chi connectivity index (χ3n) is 3.02. The molecule has 110 valence electrons.